The Labute approximate surface area is 838 Å². The first kappa shape index (κ1) is 80.9. The second-order valence-corrected chi connectivity index (χ2v) is 40.0. The average molecular weight is 1820 g/mol. The Kier molecular flexibility index (Phi) is 17.9. The number of rotatable bonds is 6. The molecule has 0 aliphatic carbocycles. The third-order valence-corrected chi connectivity index (χ3v) is 32.5. The van der Waals surface area contributed by atoms with Crippen molar-refractivity contribution in [3.8, 4) is 134 Å². The summed E-state index contributed by atoms with van der Waals surface area (Å²) in [5.74, 6) is 0. The molecular formula is C132H84B6N6. The van der Waals surface area contributed by atoms with Crippen LogP contribution >= 0.6 is 0 Å². The summed E-state index contributed by atoms with van der Waals surface area (Å²) in [5.41, 5.74) is 45.0. The first-order valence-electron chi connectivity index (χ1n) is 50.5. The van der Waals surface area contributed by atoms with Gasteiger partial charge in [0, 0.05) is 67.5 Å². The maximum Gasteiger partial charge on any atom is 0.389 e. The second kappa shape index (κ2) is 31.8. The van der Waals surface area contributed by atoms with Crippen molar-refractivity contribution in [2.45, 2.75) is 0 Å². The van der Waals surface area contributed by atoms with Gasteiger partial charge in [-0.1, -0.05) is 437 Å². The molecule has 0 aromatic heterocycles. The molecule has 24 aromatic rings. The summed E-state index contributed by atoms with van der Waals surface area (Å²) in [6.07, 6.45) is 0. The van der Waals surface area contributed by atoms with Crippen molar-refractivity contribution in [2.75, 3.05) is 28.3 Å². The summed E-state index contributed by atoms with van der Waals surface area (Å²) in [4.78, 5) is 0. The van der Waals surface area contributed by atoms with E-state index in [0.29, 0.717) is 0 Å². The van der Waals surface area contributed by atoms with E-state index in [1.165, 1.54) is 265 Å². The molecule has 660 valence electrons. The van der Waals surface area contributed by atoms with E-state index in [1.54, 1.807) is 0 Å². The Hall–Kier alpha value is -18.0. The minimum absolute atomic E-state index is 0.177. The number of nitrogens with zero attached hydrogens (tertiary/aromatic N) is 6. The maximum atomic E-state index is 2.80. The fraction of sp³-hybridized carbons (Fsp3) is 0. The molecule has 0 radical (unpaired) electrons. The van der Waals surface area contributed by atoms with Crippen LogP contribution in [0.15, 0.2) is 510 Å². The summed E-state index contributed by atoms with van der Waals surface area (Å²) in [5, 5.41) is 15.0. The van der Waals surface area contributed by atoms with Gasteiger partial charge in [-0.15, -0.1) is 0 Å². The lowest BCUT2D eigenvalue weighted by molar-refractivity contribution is 1.27. The molecule has 0 amide bonds. The van der Waals surface area contributed by atoms with Crippen LogP contribution in [-0.2, 0) is 0 Å². The Morgan fingerprint density at radius 1 is 0.0972 bits per heavy atom. The lowest BCUT2D eigenvalue weighted by Gasteiger charge is -2.61. The van der Waals surface area contributed by atoms with Crippen molar-refractivity contribution >= 4 is 173 Å². The highest BCUT2D eigenvalue weighted by Crippen LogP contribution is 2.55. The molecule has 0 saturated carbocycles. The second-order valence-electron chi connectivity index (χ2n) is 40.0. The van der Waals surface area contributed by atoms with E-state index in [1.807, 2.05) is 0 Å². The van der Waals surface area contributed by atoms with Gasteiger partial charge in [-0.05, 0) is 270 Å². The number of anilines is 6. The summed E-state index contributed by atoms with van der Waals surface area (Å²) >= 11 is 0. The summed E-state index contributed by atoms with van der Waals surface area (Å²) in [7, 11) is 0. The lowest BCUT2D eigenvalue weighted by Crippen LogP contribution is -2.88. The normalized spacial score (nSPS) is 13.7. The molecule has 8 aliphatic heterocycles. The monoisotopic (exact) mass is 1820 g/mol. The molecule has 8 aliphatic rings. The minimum atomic E-state index is -0.192. The molecule has 2 saturated heterocycles. The first-order chi connectivity index (χ1) is 71.4. The molecule has 8 heterocycles. The average Bonchev–Trinajstić information content (AvgIpc) is 0.676. The third kappa shape index (κ3) is 12.3. The van der Waals surface area contributed by atoms with Crippen molar-refractivity contribution in [1.82, 2.24) is 0 Å². The first-order valence-corrected chi connectivity index (χ1v) is 50.5. The van der Waals surface area contributed by atoms with Gasteiger partial charge in [0.1, 0.15) is 0 Å². The molecule has 144 heavy (non-hydrogen) atoms. The predicted octanol–water partition coefficient (Wildman–Crippen LogP) is 28.2. The van der Waals surface area contributed by atoms with Crippen molar-refractivity contribution in [3.05, 3.63) is 510 Å². The molecule has 0 spiro atoms. The molecule has 6 nitrogen and oxygen atoms in total. The molecule has 0 unspecified atom stereocenters. The number of para-hydroxylation sites is 3. The zero-order valence-corrected chi connectivity index (χ0v) is 78.6. The van der Waals surface area contributed by atoms with Crippen LogP contribution in [0, 0.1) is 0 Å². The SMILES string of the molecule is c1ccc2c(c1)-c1ccc(-c3ccc4ccccc4c3)cc1B1N2B2c3cc(-c4ccc5ccccc5c4)ccc3-c3ccccc3N2B2c3cc(-c4ccc5ccccc5c4)ccc3-c3ccccc3N12.c1ccc2c(c1)B1N(B3c4ccccc4-c4ccc(-c5ccc6ccccc6c5)cc4N3B3c4ccccc4-c4ccc(-c5ccc6ccccc6c5)cc4N13)c1cc(-c3ccc4ccccc4c3)ccc1-2. The van der Waals surface area contributed by atoms with Crippen molar-refractivity contribution in [3.63, 3.8) is 0 Å². The van der Waals surface area contributed by atoms with Crippen LogP contribution in [0.25, 0.3) is 198 Å². The van der Waals surface area contributed by atoms with E-state index in [0.717, 1.165) is 0 Å². The largest absolute Gasteiger partial charge is 0.416 e. The molecule has 12 heteroatoms. The molecular weight excluding hydrogens is 1730 g/mol. The van der Waals surface area contributed by atoms with E-state index in [2.05, 4.69) is 538 Å². The number of hydrogen-bond donors (Lipinski definition) is 0. The summed E-state index contributed by atoms with van der Waals surface area (Å²) in [6, 6.07) is 192. The van der Waals surface area contributed by atoms with Gasteiger partial charge in [-0.25, -0.2) is 0 Å². The smallest absolute Gasteiger partial charge is 0.389 e. The van der Waals surface area contributed by atoms with Gasteiger partial charge in [0.25, 0.3) is 0 Å². The van der Waals surface area contributed by atoms with Gasteiger partial charge in [0.05, 0.1) is 0 Å². The van der Waals surface area contributed by atoms with Gasteiger partial charge in [-0.3, -0.25) is 0 Å². The molecule has 24 aromatic carbocycles. The molecule has 0 bridgehead atoms. The van der Waals surface area contributed by atoms with E-state index in [-0.39, 0.29) is 41.9 Å². The molecule has 2 fully saturated rings. The standard InChI is InChI=1S/2C66H42B3N3/c1-4-16-46-37-49(28-25-43(46)13-1)52-31-34-55-58-19-7-10-22-64(58)70-67(61(55)40-52)71-65-23-11-8-20-59(65)56-35-32-53(50-29-26-44-14-2-5-17-47(44)38-50)41-62(56)69(71)72-66-24-12-9-21-60(66)57-36-33-54(42-63(57)68(70)72)51-30-27-45-15-3-6-18-48(45)39-51;1-4-16-46-37-49(28-25-43(46)13-1)52-31-34-58-55-19-7-10-22-61(55)67-70(64(58)40-52)68-62-23-11-8-20-56(62)59-35-32-53(50-29-26-44-14-2-5-17-47(44)38-50)41-65(59)72(68)69-63-24-12-9-21-57(63)60-36-33-54(42-66(60)71(67)69)51-30-27-45-15-3-6-18-48(45)39-51/h2*1-42H. The highest BCUT2D eigenvalue weighted by molar-refractivity contribution is 7.18. The maximum absolute atomic E-state index is 2.80. The topological polar surface area (TPSA) is 19.4 Å². The van der Waals surface area contributed by atoms with E-state index in [9.17, 15) is 0 Å². The summed E-state index contributed by atoms with van der Waals surface area (Å²) in [6.45, 7) is -1.11. The van der Waals surface area contributed by atoms with E-state index < -0.39 is 0 Å². The van der Waals surface area contributed by atoms with Crippen LogP contribution in [0.4, 0.5) is 34.1 Å². The Morgan fingerprint density at radius 2 is 0.250 bits per heavy atom. The van der Waals surface area contributed by atoms with Crippen LogP contribution < -0.4 is 61.1 Å². The van der Waals surface area contributed by atoms with Gasteiger partial charge in [0.2, 0.25) is 0 Å². The van der Waals surface area contributed by atoms with E-state index >= 15 is 0 Å². The lowest BCUT2D eigenvalue weighted by atomic mass is 9.33. The molecule has 32 rings (SSSR count). The number of fused-ring (bicyclic) bond motifs is 48. The predicted molar refractivity (Wildman–Crippen MR) is 616 cm³/mol. The van der Waals surface area contributed by atoms with Crippen molar-refractivity contribution in [1.29, 1.82) is 0 Å². The van der Waals surface area contributed by atoms with Crippen LogP contribution in [0.1, 0.15) is 0 Å². The van der Waals surface area contributed by atoms with Crippen LogP contribution in [0.5, 0.6) is 0 Å². The molecule has 0 atom stereocenters. The summed E-state index contributed by atoms with van der Waals surface area (Å²) < 4.78 is 16.7. The van der Waals surface area contributed by atoms with Gasteiger partial charge in [-0.2, -0.15) is 0 Å². The van der Waals surface area contributed by atoms with Gasteiger partial charge >= 0.3 is 41.9 Å². The Balaban J connectivity index is 0.000000131. The Morgan fingerprint density at radius 3 is 0.493 bits per heavy atom. The number of benzene rings is 24. The molecule has 0 N–H and O–H groups in total. The van der Waals surface area contributed by atoms with Crippen molar-refractivity contribution in [2.24, 2.45) is 0 Å². The van der Waals surface area contributed by atoms with Crippen LogP contribution in [0.2, 0.25) is 0 Å². The van der Waals surface area contributed by atoms with Gasteiger partial charge in [0.15, 0.2) is 0 Å². The van der Waals surface area contributed by atoms with E-state index in [4.69, 9.17) is 0 Å². The highest BCUT2D eigenvalue weighted by Gasteiger charge is 2.64. The third-order valence-electron chi connectivity index (χ3n) is 32.5. The van der Waals surface area contributed by atoms with Crippen molar-refractivity contribution < 1.29 is 0 Å². The minimum Gasteiger partial charge on any atom is -0.416 e. The van der Waals surface area contributed by atoms with Crippen LogP contribution in [0.3, 0.4) is 0 Å². The number of hydrogen-bond acceptors (Lipinski definition) is 6. The quantitative estimate of drug-likeness (QED) is 0.153. The highest BCUT2D eigenvalue weighted by atomic mass is 15.4. The van der Waals surface area contributed by atoms with Crippen LogP contribution in [-0.4, -0.2) is 41.9 Å². The Bertz CT molecular complexity index is 8180. The zero-order valence-electron chi connectivity index (χ0n) is 78.6. The fourth-order valence-corrected chi connectivity index (χ4v) is 25.9. The zero-order chi connectivity index (χ0) is 94.0. The fourth-order valence-electron chi connectivity index (χ4n) is 25.9. The van der Waals surface area contributed by atoms with Gasteiger partial charge < -0.3 is 28.3 Å².